The first-order valence-electron chi connectivity index (χ1n) is 9.82. The summed E-state index contributed by atoms with van der Waals surface area (Å²) in [5.74, 6) is -0.994. The summed E-state index contributed by atoms with van der Waals surface area (Å²) in [7, 11) is -0.771. The lowest BCUT2D eigenvalue weighted by atomic mass is 9.64. The molecule has 31 heavy (non-hydrogen) atoms. The van der Waals surface area contributed by atoms with Crippen molar-refractivity contribution in [1.82, 2.24) is 4.31 Å². The third-order valence-corrected chi connectivity index (χ3v) is 7.77. The van der Waals surface area contributed by atoms with Crippen LogP contribution in [0.4, 0.5) is 5.69 Å². The second kappa shape index (κ2) is 8.98. The van der Waals surface area contributed by atoms with Gasteiger partial charge in [0.2, 0.25) is 10.0 Å². The monoisotopic (exact) mass is 464 g/mol. The Morgan fingerprint density at radius 2 is 1.77 bits per heavy atom. The number of amides is 1. The Hall–Kier alpha value is -2.42. The predicted octanol–water partition coefficient (Wildman–Crippen LogP) is 3.50. The maximum Gasteiger partial charge on any atom is 0.317 e. The quantitative estimate of drug-likeness (QED) is 0.633. The van der Waals surface area contributed by atoms with Crippen molar-refractivity contribution in [3.63, 3.8) is 0 Å². The van der Waals surface area contributed by atoms with Crippen molar-refractivity contribution in [3.05, 3.63) is 58.6 Å². The number of aryl methyl sites for hydroxylation is 1. The van der Waals surface area contributed by atoms with E-state index >= 15 is 0 Å². The SMILES string of the molecule is Cc1ccc(NC(=O)COC(=O)C2(c3ccc(Cl)cc3)CCC2)cc1S(=O)(=O)N(C)C. The molecule has 0 bridgehead atoms. The largest absolute Gasteiger partial charge is 0.455 e. The summed E-state index contributed by atoms with van der Waals surface area (Å²) in [4.78, 5) is 25.2. The van der Waals surface area contributed by atoms with Crippen LogP contribution in [0.1, 0.15) is 30.4 Å². The highest BCUT2D eigenvalue weighted by Gasteiger charge is 2.47. The minimum atomic E-state index is -3.65. The number of sulfonamides is 1. The number of rotatable bonds is 7. The van der Waals surface area contributed by atoms with E-state index in [1.54, 1.807) is 31.2 Å². The number of anilines is 1. The molecular formula is C22H25ClN2O5S. The summed E-state index contributed by atoms with van der Waals surface area (Å²) in [5.41, 5.74) is 0.948. The van der Waals surface area contributed by atoms with Gasteiger partial charge in [-0.05, 0) is 55.2 Å². The van der Waals surface area contributed by atoms with Crippen molar-refractivity contribution < 1.29 is 22.7 Å². The summed E-state index contributed by atoms with van der Waals surface area (Å²) >= 11 is 5.94. The maximum atomic E-state index is 12.8. The number of hydrogen-bond donors (Lipinski definition) is 1. The van der Waals surface area contributed by atoms with Gasteiger partial charge in [-0.25, -0.2) is 12.7 Å². The topological polar surface area (TPSA) is 92.8 Å². The van der Waals surface area contributed by atoms with Gasteiger partial charge in [-0.1, -0.05) is 36.2 Å². The van der Waals surface area contributed by atoms with E-state index in [4.69, 9.17) is 16.3 Å². The van der Waals surface area contributed by atoms with Crippen LogP contribution in [0, 0.1) is 6.92 Å². The van der Waals surface area contributed by atoms with Crippen molar-refractivity contribution in [3.8, 4) is 0 Å². The Morgan fingerprint density at radius 1 is 1.13 bits per heavy atom. The number of nitrogens with zero attached hydrogens (tertiary/aromatic N) is 1. The second-order valence-electron chi connectivity index (χ2n) is 7.83. The standard InChI is InChI=1S/C22H25ClN2O5S/c1-15-5-10-18(13-19(15)31(28,29)25(2)3)24-20(26)14-30-21(27)22(11-4-12-22)16-6-8-17(23)9-7-16/h5-10,13H,4,11-12,14H2,1-3H3,(H,24,26). The van der Waals surface area contributed by atoms with Gasteiger partial charge >= 0.3 is 5.97 Å². The number of halogens is 1. The van der Waals surface area contributed by atoms with Gasteiger partial charge in [0.05, 0.1) is 10.3 Å². The molecule has 1 amide bonds. The van der Waals surface area contributed by atoms with Crippen LogP contribution in [0.3, 0.4) is 0 Å². The molecule has 0 unspecified atom stereocenters. The molecule has 2 aromatic carbocycles. The Labute approximate surface area is 187 Å². The van der Waals surface area contributed by atoms with Gasteiger partial charge < -0.3 is 10.1 Å². The molecule has 1 aliphatic carbocycles. The molecule has 1 aliphatic rings. The number of hydrogen-bond acceptors (Lipinski definition) is 5. The molecule has 1 fully saturated rings. The molecule has 0 aromatic heterocycles. The number of benzene rings is 2. The summed E-state index contributed by atoms with van der Waals surface area (Å²) in [6.07, 6.45) is 2.20. The highest BCUT2D eigenvalue weighted by molar-refractivity contribution is 7.89. The van der Waals surface area contributed by atoms with Crippen LogP contribution in [-0.2, 0) is 29.8 Å². The van der Waals surface area contributed by atoms with Gasteiger partial charge in [-0.15, -0.1) is 0 Å². The smallest absolute Gasteiger partial charge is 0.317 e. The molecule has 166 valence electrons. The van der Waals surface area contributed by atoms with Gasteiger partial charge in [0.15, 0.2) is 6.61 Å². The van der Waals surface area contributed by atoms with E-state index in [1.165, 1.54) is 20.2 Å². The van der Waals surface area contributed by atoms with Crippen LogP contribution in [0.5, 0.6) is 0 Å². The van der Waals surface area contributed by atoms with Gasteiger partial charge in [-0.3, -0.25) is 9.59 Å². The lowest BCUT2D eigenvalue weighted by Crippen LogP contribution is -2.44. The van der Waals surface area contributed by atoms with E-state index in [9.17, 15) is 18.0 Å². The van der Waals surface area contributed by atoms with E-state index < -0.39 is 33.9 Å². The Balaban J connectivity index is 1.66. The zero-order valence-corrected chi connectivity index (χ0v) is 19.2. The Kier molecular flexibility index (Phi) is 6.73. The zero-order valence-electron chi connectivity index (χ0n) is 17.6. The van der Waals surface area contributed by atoms with Crippen LogP contribution < -0.4 is 5.32 Å². The molecule has 0 atom stereocenters. The molecule has 0 radical (unpaired) electrons. The minimum Gasteiger partial charge on any atom is -0.455 e. The minimum absolute atomic E-state index is 0.100. The summed E-state index contributed by atoms with van der Waals surface area (Å²) in [6, 6.07) is 11.7. The highest BCUT2D eigenvalue weighted by Crippen LogP contribution is 2.45. The first-order valence-corrected chi connectivity index (χ1v) is 11.6. The third kappa shape index (κ3) is 4.76. The first-order chi connectivity index (χ1) is 14.6. The van der Waals surface area contributed by atoms with Crippen molar-refractivity contribution >= 4 is 39.2 Å². The van der Waals surface area contributed by atoms with Crippen molar-refractivity contribution in [2.45, 2.75) is 36.5 Å². The maximum absolute atomic E-state index is 12.8. The molecule has 7 nitrogen and oxygen atoms in total. The predicted molar refractivity (Wildman–Crippen MR) is 119 cm³/mol. The Bertz CT molecular complexity index is 1090. The molecule has 0 aliphatic heterocycles. The lowest BCUT2D eigenvalue weighted by molar-refractivity contribution is -0.156. The molecule has 1 N–H and O–H groups in total. The van der Waals surface area contributed by atoms with Gasteiger partial charge in [0.25, 0.3) is 5.91 Å². The molecule has 3 rings (SSSR count). The Morgan fingerprint density at radius 3 is 2.32 bits per heavy atom. The fraction of sp³-hybridized carbons (Fsp3) is 0.364. The fourth-order valence-electron chi connectivity index (χ4n) is 3.53. The normalized spacial score (nSPS) is 15.3. The third-order valence-electron chi connectivity index (χ3n) is 5.56. The number of carbonyl (C=O) groups excluding carboxylic acids is 2. The summed E-state index contributed by atoms with van der Waals surface area (Å²) < 4.78 is 31.3. The fourth-order valence-corrected chi connectivity index (χ4v) is 4.80. The van der Waals surface area contributed by atoms with E-state index in [2.05, 4.69) is 5.32 Å². The first kappa shape index (κ1) is 23.2. The summed E-state index contributed by atoms with van der Waals surface area (Å²) in [5, 5.41) is 3.18. The molecular weight excluding hydrogens is 440 g/mol. The van der Waals surface area contributed by atoms with Crippen molar-refractivity contribution in [2.75, 3.05) is 26.0 Å². The average Bonchev–Trinajstić information content (AvgIpc) is 2.68. The number of nitrogens with one attached hydrogen (secondary N) is 1. The number of esters is 1. The van der Waals surface area contributed by atoms with Crippen LogP contribution in [0.25, 0.3) is 0 Å². The lowest BCUT2D eigenvalue weighted by Gasteiger charge is -2.39. The zero-order chi connectivity index (χ0) is 22.8. The molecule has 2 aromatic rings. The molecule has 9 heteroatoms. The van der Waals surface area contributed by atoms with Crippen LogP contribution in [0.2, 0.25) is 5.02 Å². The highest BCUT2D eigenvalue weighted by atomic mass is 35.5. The van der Waals surface area contributed by atoms with Crippen LogP contribution in [-0.4, -0.2) is 45.3 Å². The molecule has 0 spiro atoms. The molecule has 1 saturated carbocycles. The number of ether oxygens (including phenoxy) is 1. The van der Waals surface area contributed by atoms with Gasteiger partial charge in [0, 0.05) is 24.8 Å². The van der Waals surface area contributed by atoms with Crippen molar-refractivity contribution in [2.24, 2.45) is 0 Å². The molecule has 0 heterocycles. The van der Waals surface area contributed by atoms with E-state index in [-0.39, 0.29) is 4.90 Å². The number of carbonyl (C=O) groups is 2. The van der Waals surface area contributed by atoms with E-state index in [0.717, 1.165) is 16.3 Å². The van der Waals surface area contributed by atoms with E-state index in [1.807, 2.05) is 12.1 Å². The van der Waals surface area contributed by atoms with Crippen molar-refractivity contribution in [1.29, 1.82) is 0 Å². The van der Waals surface area contributed by atoms with Crippen LogP contribution in [0.15, 0.2) is 47.4 Å². The van der Waals surface area contributed by atoms with Gasteiger partial charge in [-0.2, -0.15) is 0 Å². The average molecular weight is 465 g/mol. The van der Waals surface area contributed by atoms with E-state index in [0.29, 0.717) is 29.1 Å². The molecule has 0 saturated heterocycles. The second-order valence-corrected chi connectivity index (χ2v) is 10.4. The summed E-state index contributed by atoms with van der Waals surface area (Å²) in [6.45, 7) is 1.22. The van der Waals surface area contributed by atoms with Gasteiger partial charge in [0.1, 0.15) is 0 Å². The van der Waals surface area contributed by atoms with Crippen LogP contribution >= 0.6 is 11.6 Å².